The molecule has 2 atom stereocenters. The summed E-state index contributed by atoms with van der Waals surface area (Å²) in [6, 6.07) is 5.50. The minimum absolute atomic E-state index is 0.110. The zero-order chi connectivity index (χ0) is 20.0. The number of amides is 1. The van der Waals surface area contributed by atoms with Gasteiger partial charge in [0.2, 0.25) is 0 Å². The van der Waals surface area contributed by atoms with Gasteiger partial charge in [-0.3, -0.25) is 14.5 Å². The van der Waals surface area contributed by atoms with Crippen molar-refractivity contribution in [2.75, 3.05) is 18.6 Å². The standard InChI is InChI=1S/C17H23N3O5S2/c1-4-18-16(21)11(2)25-17(22)13(9-10-26-3)19-15-12-7-5-6-8-14(12)27(23,24)20-15/h5-8,11,13H,4,9-10H2,1-3H3,(H,18,21)(H,19,20)/t11-,13-/m1/s1. The number of hydrogen-bond acceptors (Lipinski definition) is 7. The molecule has 1 aromatic rings. The molecule has 27 heavy (non-hydrogen) atoms. The topological polar surface area (TPSA) is 114 Å². The Kier molecular flexibility index (Phi) is 7.25. The highest BCUT2D eigenvalue weighted by atomic mass is 32.2. The Bertz CT molecular complexity index is 839. The van der Waals surface area contributed by atoms with E-state index < -0.39 is 34.0 Å². The van der Waals surface area contributed by atoms with Crippen molar-refractivity contribution in [1.29, 1.82) is 0 Å². The molecule has 2 rings (SSSR count). The number of benzene rings is 1. The van der Waals surface area contributed by atoms with Crippen molar-refractivity contribution in [2.45, 2.75) is 37.3 Å². The summed E-state index contributed by atoms with van der Waals surface area (Å²) in [5, 5.41) is 2.58. The molecule has 1 aliphatic heterocycles. The van der Waals surface area contributed by atoms with Crippen LogP contribution in [0.3, 0.4) is 0 Å². The lowest BCUT2D eigenvalue weighted by Crippen LogP contribution is -2.38. The van der Waals surface area contributed by atoms with Crippen molar-refractivity contribution >= 4 is 39.5 Å². The van der Waals surface area contributed by atoms with E-state index in [1.165, 1.54) is 24.8 Å². The molecule has 1 aromatic carbocycles. The Labute approximate surface area is 163 Å². The zero-order valence-electron chi connectivity index (χ0n) is 15.4. The Balaban J connectivity index is 2.26. The molecule has 10 heteroatoms. The molecule has 1 heterocycles. The van der Waals surface area contributed by atoms with Gasteiger partial charge in [-0.2, -0.15) is 11.8 Å². The summed E-state index contributed by atoms with van der Waals surface area (Å²) < 4.78 is 32.0. The van der Waals surface area contributed by atoms with Crippen LogP contribution in [0.4, 0.5) is 0 Å². The number of likely N-dealkylation sites (N-methyl/N-ethyl adjacent to an activating group) is 1. The first-order valence-corrected chi connectivity index (χ1v) is 11.3. The van der Waals surface area contributed by atoms with E-state index in [1.54, 1.807) is 25.1 Å². The fourth-order valence-electron chi connectivity index (χ4n) is 2.47. The molecule has 0 aromatic heterocycles. The number of nitrogens with one attached hydrogen (secondary N) is 2. The molecule has 2 N–H and O–H groups in total. The molecular formula is C17H23N3O5S2. The van der Waals surface area contributed by atoms with Crippen molar-refractivity contribution in [3.8, 4) is 0 Å². The molecule has 0 spiro atoms. The smallest absolute Gasteiger partial charge is 0.331 e. The second kappa shape index (κ2) is 9.23. The van der Waals surface area contributed by atoms with E-state index in [1.807, 2.05) is 6.26 Å². The van der Waals surface area contributed by atoms with Crippen LogP contribution < -0.4 is 10.0 Å². The monoisotopic (exact) mass is 413 g/mol. The average Bonchev–Trinajstić information content (AvgIpc) is 2.89. The molecule has 1 aliphatic rings. The Morgan fingerprint density at radius 2 is 2.04 bits per heavy atom. The van der Waals surface area contributed by atoms with Crippen LogP contribution in [-0.2, 0) is 24.3 Å². The molecule has 0 aliphatic carbocycles. The van der Waals surface area contributed by atoms with E-state index in [-0.39, 0.29) is 10.7 Å². The molecule has 0 radical (unpaired) electrons. The van der Waals surface area contributed by atoms with Crippen molar-refractivity contribution in [1.82, 2.24) is 10.0 Å². The molecule has 148 valence electrons. The van der Waals surface area contributed by atoms with Crippen molar-refractivity contribution in [2.24, 2.45) is 4.99 Å². The van der Waals surface area contributed by atoms with Gasteiger partial charge >= 0.3 is 5.97 Å². The third kappa shape index (κ3) is 5.23. The number of ether oxygens (including phenoxy) is 1. The summed E-state index contributed by atoms with van der Waals surface area (Å²) in [5.41, 5.74) is 0.413. The van der Waals surface area contributed by atoms with Crippen LogP contribution in [0.15, 0.2) is 34.2 Å². The molecule has 0 saturated carbocycles. The van der Waals surface area contributed by atoms with Gasteiger partial charge in [0.15, 0.2) is 12.1 Å². The molecule has 0 fully saturated rings. The van der Waals surface area contributed by atoms with Gasteiger partial charge in [0.1, 0.15) is 5.84 Å². The molecule has 0 saturated heterocycles. The van der Waals surface area contributed by atoms with Gasteiger partial charge in [-0.05, 0) is 44.4 Å². The Hall–Kier alpha value is -2.07. The van der Waals surface area contributed by atoms with E-state index >= 15 is 0 Å². The predicted octanol–water partition coefficient (Wildman–Crippen LogP) is 0.915. The van der Waals surface area contributed by atoms with Gasteiger partial charge in [-0.1, -0.05) is 12.1 Å². The maximum absolute atomic E-state index is 12.5. The van der Waals surface area contributed by atoms with Crippen LogP contribution in [-0.4, -0.2) is 56.8 Å². The Morgan fingerprint density at radius 1 is 1.33 bits per heavy atom. The minimum Gasteiger partial charge on any atom is -0.451 e. The fraction of sp³-hybridized carbons (Fsp3) is 0.471. The number of carbonyl (C=O) groups excluding carboxylic acids is 2. The predicted molar refractivity (Wildman–Crippen MR) is 104 cm³/mol. The summed E-state index contributed by atoms with van der Waals surface area (Å²) in [6.07, 6.45) is 1.29. The van der Waals surface area contributed by atoms with Crippen molar-refractivity contribution in [3.05, 3.63) is 29.8 Å². The number of carbonyl (C=O) groups is 2. The SMILES string of the molecule is CCNC(=O)[C@@H](C)OC(=O)[C@@H](CCSC)N=C1NS(=O)(=O)c2ccccc21. The lowest BCUT2D eigenvalue weighted by atomic mass is 10.2. The number of rotatable bonds is 8. The van der Waals surface area contributed by atoms with Gasteiger partial charge in [0.25, 0.3) is 15.9 Å². The first-order valence-electron chi connectivity index (χ1n) is 8.47. The number of nitrogens with zero attached hydrogens (tertiary/aromatic N) is 1. The zero-order valence-corrected chi connectivity index (χ0v) is 17.0. The second-order valence-corrected chi connectivity index (χ2v) is 8.49. The van der Waals surface area contributed by atoms with Crippen LogP contribution in [0.2, 0.25) is 0 Å². The number of fused-ring (bicyclic) bond motifs is 1. The van der Waals surface area contributed by atoms with Gasteiger partial charge in [-0.15, -0.1) is 0 Å². The third-order valence-electron chi connectivity index (χ3n) is 3.83. The van der Waals surface area contributed by atoms with Crippen molar-refractivity contribution < 1.29 is 22.7 Å². The molecule has 0 bridgehead atoms. The maximum Gasteiger partial charge on any atom is 0.331 e. The lowest BCUT2D eigenvalue weighted by Gasteiger charge is -2.17. The number of amidine groups is 1. The first-order chi connectivity index (χ1) is 12.8. The van der Waals surface area contributed by atoms with Crippen LogP contribution in [0.25, 0.3) is 0 Å². The quantitative estimate of drug-likeness (QED) is 0.613. The summed E-state index contributed by atoms with van der Waals surface area (Å²) in [5.74, 6) is -0.326. The van der Waals surface area contributed by atoms with Crippen LogP contribution in [0.5, 0.6) is 0 Å². The average molecular weight is 414 g/mol. The lowest BCUT2D eigenvalue weighted by molar-refractivity contribution is -0.156. The summed E-state index contributed by atoms with van der Waals surface area (Å²) >= 11 is 1.53. The first kappa shape index (κ1) is 21.2. The summed E-state index contributed by atoms with van der Waals surface area (Å²) in [7, 11) is -3.69. The summed E-state index contributed by atoms with van der Waals surface area (Å²) in [6.45, 7) is 3.68. The van der Waals surface area contributed by atoms with Crippen molar-refractivity contribution in [3.63, 3.8) is 0 Å². The highest BCUT2D eigenvalue weighted by Gasteiger charge is 2.32. The maximum atomic E-state index is 12.5. The molecular weight excluding hydrogens is 390 g/mol. The molecule has 1 amide bonds. The number of esters is 1. The fourth-order valence-corrected chi connectivity index (χ4v) is 4.17. The van der Waals surface area contributed by atoms with Crippen LogP contribution >= 0.6 is 11.8 Å². The molecule has 0 unspecified atom stereocenters. The Morgan fingerprint density at radius 3 is 2.70 bits per heavy atom. The minimum atomic E-state index is -3.69. The van der Waals surface area contributed by atoms with E-state index in [9.17, 15) is 18.0 Å². The second-order valence-electron chi connectivity index (χ2n) is 5.85. The van der Waals surface area contributed by atoms with Gasteiger partial charge in [-0.25, -0.2) is 13.2 Å². The van der Waals surface area contributed by atoms with Crippen LogP contribution in [0, 0.1) is 0 Å². The third-order valence-corrected chi connectivity index (χ3v) is 5.87. The van der Waals surface area contributed by atoms with E-state index in [0.29, 0.717) is 24.3 Å². The van der Waals surface area contributed by atoms with Gasteiger partial charge < -0.3 is 10.1 Å². The van der Waals surface area contributed by atoms with E-state index in [4.69, 9.17) is 4.74 Å². The number of aliphatic imine (C=N–C) groups is 1. The normalized spacial score (nSPS) is 18.3. The van der Waals surface area contributed by atoms with Gasteiger partial charge in [0, 0.05) is 12.1 Å². The highest BCUT2D eigenvalue weighted by Crippen LogP contribution is 2.23. The van der Waals surface area contributed by atoms with E-state index in [0.717, 1.165) is 0 Å². The van der Waals surface area contributed by atoms with E-state index in [2.05, 4.69) is 15.0 Å². The van der Waals surface area contributed by atoms with Gasteiger partial charge in [0.05, 0.1) is 4.90 Å². The largest absolute Gasteiger partial charge is 0.451 e. The number of hydrogen-bond donors (Lipinski definition) is 2. The summed E-state index contributed by atoms with van der Waals surface area (Å²) in [4.78, 5) is 28.8. The van der Waals surface area contributed by atoms with Crippen LogP contribution in [0.1, 0.15) is 25.8 Å². The molecule has 8 nitrogen and oxygen atoms in total. The number of thioether (sulfide) groups is 1. The highest BCUT2D eigenvalue weighted by molar-refractivity contribution is 7.98. The number of sulfonamides is 1.